The van der Waals surface area contributed by atoms with E-state index in [1.165, 1.54) is 97.4 Å². The second kappa shape index (κ2) is 7.46. The molecule has 0 spiro atoms. The van der Waals surface area contributed by atoms with Crippen LogP contribution in [0.5, 0.6) is 0 Å². The Labute approximate surface area is 200 Å². The summed E-state index contributed by atoms with van der Waals surface area (Å²) in [5.74, 6) is 0. The predicted molar refractivity (Wildman–Crippen MR) is 150 cm³/mol. The second-order valence-corrected chi connectivity index (χ2v) is 9.95. The summed E-state index contributed by atoms with van der Waals surface area (Å²) in [6.45, 7) is 6.38. The summed E-state index contributed by atoms with van der Waals surface area (Å²) in [6.07, 6.45) is 13.1. The summed E-state index contributed by atoms with van der Waals surface area (Å²) in [6, 6.07) is 23.6. The Kier molecular flexibility index (Phi) is 4.36. The smallest absolute Gasteiger partial charge is 0.0500 e. The van der Waals surface area contributed by atoms with Crippen LogP contribution in [0.15, 0.2) is 73.3 Å². The topological polar surface area (TPSA) is 4.93 Å². The largest absolute Gasteiger partial charge is 0.337 e. The average Bonchev–Trinajstić information content (AvgIpc) is 3.19. The number of nitrogens with zero attached hydrogens (tertiary/aromatic N) is 1. The molecule has 0 N–H and O–H groups in total. The molecule has 0 aliphatic heterocycles. The minimum Gasteiger partial charge on any atom is -0.337 e. The lowest BCUT2D eigenvalue weighted by Crippen LogP contribution is -2.14. The first-order valence-corrected chi connectivity index (χ1v) is 12.7. The molecule has 1 aliphatic carbocycles. The monoisotopic (exact) mass is 439 g/mol. The summed E-state index contributed by atoms with van der Waals surface area (Å²) in [7, 11) is 0. The quantitative estimate of drug-likeness (QED) is 0.191. The van der Waals surface area contributed by atoms with Gasteiger partial charge in [0, 0.05) is 22.7 Å². The van der Waals surface area contributed by atoms with Crippen LogP contribution in [0.25, 0.3) is 66.1 Å². The first kappa shape index (κ1) is 19.9. The van der Waals surface area contributed by atoms with E-state index in [2.05, 4.69) is 97.0 Å². The molecule has 0 amide bonds. The molecule has 0 atom stereocenters. The molecule has 1 nitrogen and oxygen atoms in total. The lowest BCUT2D eigenvalue weighted by molar-refractivity contribution is 0.359. The van der Waals surface area contributed by atoms with E-state index in [1.807, 2.05) is 0 Å². The zero-order valence-corrected chi connectivity index (χ0v) is 19.8. The molecule has 1 saturated carbocycles. The van der Waals surface area contributed by atoms with Crippen molar-refractivity contribution in [3.8, 4) is 0 Å². The van der Waals surface area contributed by atoms with Crippen LogP contribution in [0.1, 0.15) is 56.3 Å². The molecule has 1 heterocycles. The van der Waals surface area contributed by atoms with Crippen LogP contribution in [-0.4, -0.2) is 4.57 Å². The van der Waals surface area contributed by atoms with Crippen LogP contribution >= 0.6 is 0 Å². The predicted octanol–water partition coefficient (Wildman–Crippen LogP) is 9.87. The molecule has 5 aromatic carbocycles. The third-order valence-electron chi connectivity index (χ3n) is 8.16. The lowest BCUT2D eigenvalue weighted by atomic mass is 9.88. The van der Waals surface area contributed by atoms with Crippen LogP contribution < -0.4 is 0 Å². The molecule has 0 bridgehead atoms. The fourth-order valence-electron chi connectivity index (χ4n) is 6.73. The zero-order valence-electron chi connectivity index (χ0n) is 19.8. The van der Waals surface area contributed by atoms with E-state index in [0.717, 1.165) is 0 Å². The second-order valence-electron chi connectivity index (χ2n) is 9.95. The zero-order chi connectivity index (χ0) is 22.8. The molecular weight excluding hydrogens is 410 g/mol. The first-order chi connectivity index (χ1) is 16.8. The van der Waals surface area contributed by atoms with Crippen LogP contribution in [0, 0.1) is 0 Å². The first-order valence-electron chi connectivity index (χ1n) is 12.7. The van der Waals surface area contributed by atoms with Gasteiger partial charge in [0.15, 0.2) is 0 Å². The molecule has 6 aromatic rings. The fourth-order valence-corrected chi connectivity index (χ4v) is 6.73. The summed E-state index contributed by atoms with van der Waals surface area (Å²) >= 11 is 0. The summed E-state index contributed by atoms with van der Waals surface area (Å²) in [5, 5.41) is 12.2. The van der Waals surface area contributed by atoms with Crippen molar-refractivity contribution in [3.63, 3.8) is 0 Å². The molecule has 1 heteroatoms. The van der Waals surface area contributed by atoms with Crippen molar-refractivity contribution in [2.75, 3.05) is 0 Å². The highest BCUT2D eigenvalue weighted by atomic mass is 15.0. The van der Waals surface area contributed by atoms with E-state index < -0.39 is 0 Å². The lowest BCUT2D eigenvalue weighted by Gasteiger charge is -2.26. The molecule has 0 radical (unpaired) electrons. The Morgan fingerprint density at radius 2 is 1.41 bits per heavy atom. The number of rotatable bonds is 3. The van der Waals surface area contributed by atoms with Gasteiger partial charge in [-0.1, -0.05) is 86.5 Å². The van der Waals surface area contributed by atoms with Crippen molar-refractivity contribution in [2.45, 2.75) is 45.1 Å². The van der Waals surface area contributed by atoms with Gasteiger partial charge >= 0.3 is 0 Å². The number of fused-ring (bicyclic) bond motifs is 4. The Hall–Kier alpha value is -3.58. The third-order valence-corrected chi connectivity index (χ3v) is 8.16. The molecule has 1 aliphatic rings. The van der Waals surface area contributed by atoms with E-state index in [0.29, 0.717) is 6.04 Å². The molecule has 1 fully saturated rings. The van der Waals surface area contributed by atoms with Crippen LogP contribution in [-0.2, 0) is 0 Å². The fraction of sp³-hybridized carbons (Fsp3) is 0.212. The van der Waals surface area contributed by atoms with Gasteiger partial charge in [0.2, 0.25) is 0 Å². The van der Waals surface area contributed by atoms with Gasteiger partial charge in [0.1, 0.15) is 0 Å². The van der Waals surface area contributed by atoms with Crippen LogP contribution in [0.4, 0.5) is 0 Å². The van der Waals surface area contributed by atoms with Gasteiger partial charge in [0.05, 0.1) is 5.52 Å². The standard InChI is InChI=1S/C33H29N/c1-3-10-30-24(4-2)29-19-27-25-15-8-11-21-17-18-22-12-9-16-26(33(22)32(21)25)28(27)20-31(29)34(30)23-13-6-5-7-14-23/h3-4,8-12,15-20,23H,2,5-7,13-14H2,1H3/b10-3-. The van der Waals surface area contributed by atoms with Crippen molar-refractivity contribution in [1.82, 2.24) is 4.57 Å². The highest BCUT2D eigenvalue weighted by molar-refractivity contribution is 6.34. The van der Waals surface area contributed by atoms with Gasteiger partial charge in [-0.15, -0.1) is 0 Å². The van der Waals surface area contributed by atoms with E-state index in [9.17, 15) is 0 Å². The van der Waals surface area contributed by atoms with Gasteiger partial charge in [-0.05, 0) is 81.1 Å². The van der Waals surface area contributed by atoms with E-state index >= 15 is 0 Å². The van der Waals surface area contributed by atoms with Gasteiger partial charge < -0.3 is 4.57 Å². The molecular formula is C33H29N. The van der Waals surface area contributed by atoms with Gasteiger partial charge in [-0.25, -0.2) is 0 Å². The van der Waals surface area contributed by atoms with Crippen LogP contribution in [0.3, 0.4) is 0 Å². The maximum absolute atomic E-state index is 4.25. The SMILES string of the molecule is C=Cc1c(/C=C\C)n(C2CCCCC2)c2cc3c(cc12)c1cccc2ccc4cccc3c4c21. The minimum absolute atomic E-state index is 0.560. The minimum atomic E-state index is 0.560. The number of hydrogen-bond acceptors (Lipinski definition) is 0. The molecule has 34 heavy (non-hydrogen) atoms. The maximum atomic E-state index is 4.25. The highest BCUT2D eigenvalue weighted by Gasteiger charge is 2.24. The Balaban J connectivity index is 1.71. The van der Waals surface area contributed by atoms with Crippen molar-refractivity contribution in [2.24, 2.45) is 0 Å². The van der Waals surface area contributed by atoms with E-state index in [4.69, 9.17) is 0 Å². The normalized spacial score (nSPS) is 15.7. The summed E-state index contributed by atoms with van der Waals surface area (Å²) in [4.78, 5) is 0. The van der Waals surface area contributed by atoms with Crippen molar-refractivity contribution < 1.29 is 0 Å². The highest BCUT2D eigenvalue weighted by Crippen LogP contribution is 2.44. The number of allylic oxidation sites excluding steroid dienone is 1. The van der Waals surface area contributed by atoms with E-state index in [1.54, 1.807) is 0 Å². The van der Waals surface area contributed by atoms with Crippen molar-refractivity contribution >= 4 is 66.1 Å². The van der Waals surface area contributed by atoms with Crippen molar-refractivity contribution in [3.05, 3.63) is 84.6 Å². The number of aromatic nitrogens is 1. The third kappa shape index (κ3) is 2.61. The Morgan fingerprint density at radius 3 is 2.03 bits per heavy atom. The molecule has 0 unspecified atom stereocenters. The average molecular weight is 440 g/mol. The van der Waals surface area contributed by atoms with E-state index in [-0.39, 0.29) is 0 Å². The van der Waals surface area contributed by atoms with Gasteiger partial charge in [-0.2, -0.15) is 0 Å². The number of benzene rings is 5. The molecule has 166 valence electrons. The molecule has 0 saturated heterocycles. The Bertz CT molecular complexity index is 1750. The Morgan fingerprint density at radius 1 is 0.765 bits per heavy atom. The van der Waals surface area contributed by atoms with Crippen LogP contribution in [0.2, 0.25) is 0 Å². The summed E-state index contributed by atoms with van der Waals surface area (Å²) < 4.78 is 2.65. The van der Waals surface area contributed by atoms with Crippen molar-refractivity contribution in [1.29, 1.82) is 0 Å². The van der Waals surface area contributed by atoms with Gasteiger partial charge in [0.25, 0.3) is 0 Å². The molecule has 1 aromatic heterocycles. The summed E-state index contributed by atoms with van der Waals surface area (Å²) in [5.41, 5.74) is 3.94. The number of hydrogen-bond donors (Lipinski definition) is 0. The molecule has 7 rings (SSSR count). The maximum Gasteiger partial charge on any atom is 0.0500 e. The van der Waals surface area contributed by atoms with Gasteiger partial charge in [-0.3, -0.25) is 0 Å².